The zero-order valence-corrected chi connectivity index (χ0v) is 13.7. The number of esters is 1. The van der Waals surface area contributed by atoms with Gasteiger partial charge in [-0.25, -0.2) is 23.4 Å². The highest BCUT2D eigenvalue weighted by Crippen LogP contribution is 2.34. The summed E-state index contributed by atoms with van der Waals surface area (Å²) in [7, 11) is -3.56. The van der Waals surface area contributed by atoms with Crippen LogP contribution < -0.4 is 5.73 Å². The van der Waals surface area contributed by atoms with Crippen LogP contribution >= 0.6 is 0 Å². The van der Waals surface area contributed by atoms with Gasteiger partial charge >= 0.3 is 5.97 Å². The van der Waals surface area contributed by atoms with Gasteiger partial charge in [0.15, 0.2) is 27.5 Å². The van der Waals surface area contributed by atoms with E-state index < -0.39 is 28.1 Å². The summed E-state index contributed by atoms with van der Waals surface area (Å²) in [6.07, 6.45) is 3.46. The Morgan fingerprint density at radius 2 is 2.17 bits per heavy atom. The van der Waals surface area contributed by atoms with Gasteiger partial charge in [-0.15, -0.1) is 0 Å². The average molecular weight is 353 g/mol. The average Bonchev–Trinajstić information content (AvgIpc) is 3.08. The molecule has 0 aromatic carbocycles. The minimum Gasteiger partial charge on any atom is -0.463 e. The summed E-state index contributed by atoms with van der Waals surface area (Å²) in [5.41, 5.74) is 6.43. The first-order chi connectivity index (χ1) is 11.3. The van der Waals surface area contributed by atoms with Crippen LogP contribution in [0.2, 0.25) is 0 Å². The van der Waals surface area contributed by atoms with Crippen LogP contribution in [0, 0.1) is 0 Å². The molecule has 0 saturated heterocycles. The van der Waals surface area contributed by atoms with Gasteiger partial charge in [-0.3, -0.25) is 9.36 Å². The monoisotopic (exact) mass is 353 g/mol. The fraction of sp³-hybridized carbons (Fsp3) is 0.385. The van der Waals surface area contributed by atoms with E-state index in [9.17, 15) is 13.2 Å². The molecule has 0 unspecified atom stereocenters. The number of rotatable bonds is 4. The summed E-state index contributed by atoms with van der Waals surface area (Å²) < 4.78 is 36.2. The molecule has 3 heterocycles. The standard InChI is InChI=1S/C13H15N5O5S/c1-7(19)22-4-8-3-9(24(2,20)21)13(23-8)18-6-17-10-11(14)15-5-16-12(10)18/h3,5-6,8,13H,4H2,1-2H3,(H2,14,15,16)/t8-,13+/m0/s1. The lowest BCUT2D eigenvalue weighted by Crippen LogP contribution is -2.20. The number of anilines is 1. The van der Waals surface area contributed by atoms with Crippen molar-refractivity contribution in [1.82, 2.24) is 19.5 Å². The minimum atomic E-state index is -3.56. The third kappa shape index (κ3) is 2.95. The van der Waals surface area contributed by atoms with Gasteiger partial charge in [0.2, 0.25) is 0 Å². The van der Waals surface area contributed by atoms with E-state index in [1.54, 1.807) is 0 Å². The van der Waals surface area contributed by atoms with E-state index in [2.05, 4.69) is 15.0 Å². The van der Waals surface area contributed by atoms with Crippen molar-refractivity contribution in [3.8, 4) is 0 Å². The number of sulfone groups is 1. The molecule has 2 N–H and O–H groups in total. The number of carbonyl (C=O) groups excluding carboxylic acids is 1. The fourth-order valence-electron chi connectivity index (χ4n) is 2.38. The Kier molecular flexibility index (Phi) is 3.97. The van der Waals surface area contributed by atoms with Gasteiger partial charge in [-0.1, -0.05) is 0 Å². The molecule has 0 amide bonds. The van der Waals surface area contributed by atoms with E-state index in [0.717, 1.165) is 6.26 Å². The zero-order chi connectivity index (χ0) is 17.5. The number of hydrogen-bond acceptors (Lipinski definition) is 9. The van der Waals surface area contributed by atoms with Crippen molar-refractivity contribution in [2.45, 2.75) is 19.3 Å². The lowest BCUT2D eigenvalue weighted by molar-refractivity contribution is -0.145. The zero-order valence-electron chi connectivity index (χ0n) is 12.9. The Hall–Kier alpha value is -2.53. The van der Waals surface area contributed by atoms with Crippen LogP contribution in [0.15, 0.2) is 23.6 Å². The largest absolute Gasteiger partial charge is 0.463 e. The van der Waals surface area contributed by atoms with Gasteiger partial charge in [-0.2, -0.15) is 0 Å². The van der Waals surface area contributed by atoms with Gasteiger partial charge in [0, 0.05) is 13.2 Å². The highest BCUT2D eigenvalue weighted by Gasteiger charge is 2.36. The lowest BCUT2D eigenvalue weighted by Gasteiger charge is -2.17. The Bertz CT molecular complexity index is 935. The molecule has 11 heteroatoms. The van der Waals surface area contributed by atoms with Crippen LogP contribution in [-0.2, 0) is 24.1 Å². The minimum absolute atomic E-state index is 0.0381. The predicted octanol–water partition coefficient (Wildman–Crippen LogP) is -0.202. The van der Waals surface area contributed by atoms with E-state index in [1.807, 2.05) is 0 Å². The number of nitrogens with two attached hydrogens (primary N) is 1. The molecule has 128 valence electrons. The van der Waals surface area contributed by atoms with E-state index >= 15 is 0 Å². The number of nitrogens with zero attached hydrogens (tertiary/aromatic N) is 4. The van der Waals surface area contributed by atoms with E-state index in [4.69, 9.17) is 15.2 Å². The summed E-state index contributed by atoms with van der Waals surface area (Å²) in [4.78, 5) is 23.0. The quantitative estimate of drug-likeness (QED) is 0.740. The Morgan fingerprint density at radius 3 is 2.83 bits per heavy atom. The van der Waals surface area contributed by atoms with Gasteiger partial charge < -0.3 is 15.2 Å². The van der Waals surface area contributed by atoms with Crippen molar-refractivity contribution in [1.29, 1.82) is 0 Å². The lowest BCUT2D eigenvalue weighted by atomic mass is 10.3. The van der Waals surface area contributed by atoms with Crippen LogP contribution in [0.3, 0.4) is 0 Å². The van der Waals surface area contributed by atoms with Crippen LogP contribution in [0.25, 0.3) is 11.2 Å². The molecule has 1 aliphatic rings. The third-order valence-corrected chi connectivity index (χ3v) is 4.61. The van der Waals surface area contributed by atoms with Crippen molar-refractivity contribution in [3.63, 3.8) is 0 Å². The van der Waals surface area contributed by atoms with Crippen molar-refractivity contribution in [2.75, 3.05) is 18.6 Å². The molecule has 0 bridgehead atoms. The maximum Gasteiger partial charge on any atom is 0.302 e. The third-order valence-electron chi connectivity index (χ3n) is 3.42. The molecular formula is C13H15N5O5S. The maximum absolute atomic E-state index is 12.1. The molecule has 0 radical (unpaired) electrons. The molecule has 1 aliphatic heterocycles. The number of nitrogen functional groups attached to an aromatic ring is 1. The van der Waals surface area contributed by atoms with Crippen molar-refractivity contribution >= 4 is 32.8 Å². The van der Waals surface area contributed by atoms with Gasteiger partial charge in [0.25, 0.3) is 0 Å². The number of hydrogen-bond donors (Lipinski definition) is 1. The van der Waals surface area contributed by atoms with Crippen LogP contribution in [0.1, 0.15) is 13.2 Å². The smallest absolute Gasteiger partial charge is 0.302 e. The summed E-state index contributed by atoms with van der Waals surface area (Å²) in [5, 5.41) is 0. The van der Waals surface area contributed by atoms with Gasteiger partial charge in [0.1, 0.15) is 24.6 Å². The Labute approximate surface area is 137 Å². The molecule has 10 nitrogen and oxygen atoms in total. The first kappa shape index (κ1) is 16.3. The first-order valence-corrected chi connectivity index (χ1v) is 8.80. The summed E-state index contributed by atoms with van der Waals surface area (Å²) in [5.74, 6) is -0.303. The van der Waals surface area contributed by atoms with Crippen LogP contribution in [0.4, 0.5) is 5.82 Å². The second-order valence-corrected chi connectivity index (χ2v) is 7.27. The molecule has 0 spiro atoms. The number of ether oxygens (including phenoxy) is 2. The molecular weight excluding hydrogens is 338 g/mol. The van der Waals surface area contributed by atoms with E-state index in [1.165, 1.54) is 30.2 Å². The second-order valence-electron chi connectivity index (χ2n) is 5.25. The van der Waals surface area contributed by atoms with Gasteiger partial charge in [0.05, 0.1) is 11.2 Å². The normalized spacial score (nSPS) is 21.0. The number of carbonyl (C=O) groups is 1. The van der Waals surface area contributed by atoms with E-state index in [-0.39, 0.29) is 17.3 Å². The molecule has 0 aliphatic carbocycles. The van der Waals surface area contributed by atoms with Crippen molar-refractivity contribution in [3.05, 3.63) is 23.6 Å². The Morgan fingerprint density at radius 1 is 1.42 bits per heavy atom. The van der Waals surface area contributed by atoms with Gasteiger partial charge in [-0.05, 0) is 6.08 Å². The van der Waals surface area contributed by atoms with Crippen molar-refractivity contribution in [2.24, 2.45) is 0 Å². The molecule has 0 saturated carbocycles. The first-order valence-electron chi connectivity index (χ1n) is 6.91. The van der Waals surface area contributed by atoms with Crippen molar-refractivity contribution < 1.29 is 22.7 Å². The Balaban J connectivity index is 2.01. The van der Waals surface area contributed by atoms with Crippen LogP contribution in [0.5, 0.6) is 0 Å². The highest BCUT2D eigenvalue weighted by molar-refractivity contribution is 7.94. The molecule has 0 fully saturated rings. The van der Waals surface area contributed by atoms with Crippen LogP contribution in [-0.4, -0.2) is 52.9 Å². The molecule has 2 aromatic rings. The summed E-state index contributed by atoms with van der Waals surface area (Å²) >= 11 is 0. The topological polar surface area (TPSA) is 139 Å². The van der Waals surface area contributed by atoms with E-state index in [0.29, 0.717) is 11.2 Å². The summed E-state index contributed by atoms with van der Waals surface area (Å²) in [6, 6.07) is 0. The molecule has 3 rings (SSSR count). The number of imidazole rings is 1. The fourth-order valence-corrected chi connectivity index (χ4v) is 3.31. The molecule has 2 aromatic heterocycles. The predicted molar refractivity (Wildman–Crippen MR) is 83.2 cm³/mol. The number of fused-ring (bicyclic) bond motifs is 1. The highest BCUT2D eigenvalue weighted by atomic mass is 32.2. The molecule has 24 heavy (non-hydrogen) atoms. The SMILES string of the molecule is CC(=O)OC[C@@H]1C=C(S(C)(=O)=O)[C@H](n2cnc3c(N)ncnc32)O1. The summed E-state index contributed by atoms with van der Waals surface area (Å²) in [6.45, 7) is 1.17. The molecule has 2 atom stereocenters. The number of aromatic nitrogens is 4. The second kappa shape index (κ2) is 5.83. The maximum atomic E-state index is 12.1.